The molecule has 2 nitrogen and oxygen atoms in total. The Hall–Kier alpha value is -1.97. The van der Waals surface area contributed by atoms with Crippen molar-refractivity contribution < 1.29 is 4.39 Å². The highest BCUT2D eigenvalue weighted by molar-refractivity contribution is 5.65. The fourth-order valence-corrected chi connectivity index (χ4v) is 4.41. The van der Waals surface area contributed by atoms with Crippen LogP contribution in [-0.4, -0.2) is 42.0 Å². The lowest BCUT2D eigenvalue weighted by Crippen LogP contribution is -2.56. The minimum Gasteiger partial charge on any atom is -0.297 e. The Kier molecular flexibility index (Phi) is 5.18. The summed E-state index contributed by atoms with van der Waals surface area (Å²) in [6.07, 6.45) is 2.40. The molecule has 3 heteroatoms. The molecule has 2 fully saturated rings. The highest BCUT2D eigenvalue weighted by Gasteiger charge is 2.33. The molecule has 0 bridgehead atoms. The summed E-state index contributed by atoms with van der Waals surface area (Å²) in [5.74, 6) is 0.303. The molecule has 4 rings (SSSR count). The molecule has 2 saturated heterocycles. The predicted molar refractivity (Wildman–Crippen MR) is 105 cm³/mol. The Morgan fingerprint density at radius 1 is 0.962 bits per heavy atom. The fraction of sp³-hybridized carbons (Fsp3) is 0.391. The summed E-state index contributed by atoms with van der Waals surface area (Å²) >= 11 is 0. The van der Waals surface area contributed by atoms with Gasteiger partial charge in [-0.3, -0.25) is 9.80 Å². The Morgan fingerprint density at radius 3 is 2.50 bits per heavy atom. The zero-order chi connectivity index (χ0) is 17.9. The van der Waals surface area contributed by atoms with Crippen molar-refractivity contribution in [3.8, 4) is 0 Å². The van der Waals surface area contributed by atoms with Crippen molar-refractivity contribution >= 4 is 5.57 Å². The van der Waals surface area contributed by atoms with E-state index in [0.29, 0.717) is 12.0 Å². The molecule has 0 N–H and O–H groups in total. The predicted octanol–water partition coefficient (Wildman–Crippen LogP) is 4.44. The van der Waals surface area contributed by atoms with Crippen LogP contribution in [0.2, 0.25) is 0 Å². The first kappa shape index (κ1) is 17.4. The van der Waals surface area contributed by atoms with Crippen LogP contribution < -0.4 is 0 Å². The smallest absolute Gasteiger partial charge is 0.123 e. The van der Waals surface area contributed by atoms with Crippen molar-refractivity contribution in [1.29, 1.82) is 0 Å². The van der Waals surface area contributed by atoms with Crippen molar-refractivity contribution in [1.82, 2.24) is 9.80 Å². The Bertz CT molecular complexity index is 741. The molecule has 0 saturated carbocycles. The van der Waals surface area contributed by atoms with Gasteiger partial charge in [0.2, 0.25) is 0 Å². The SMILES string of the molecule is C=C(c1ccc(F)cc1)C1CC[C@@H]2CN(Cc3ccccc3)CCN2C1. The van der Waals surface area contributed by atoms with E-state index in [1.807, 2.05) is 12.1 Å². The zero-order valence-corrected chi connectivity index (χ0v) is 15.3. The maximum absolute atomic E-state index is 13.2. The molecule has 0 spiro atoms. The fourth-order valence-electron chi connectivity index (χ4n) is 4.41. The van der Waals surface area contributed by atoms with Gasteiger partial charge in [-0.25, -0.2) is 4.39 Å². The molecule has 0 aromatic heterocycles. The number of fused-ring (bicyclic) bond motifs is 1. The summed E-state index contributed by atoms with van der Waals surface area (Å²) in [4.78, 5) is 5.23. The van der Waals surface area contributed by atoms with Crippen molar-refractivity contribution in [3.05, 3.63) is 78.1 Å². The van der Waals surface area contributed by atoms with Gasteiger partial charge in [0, 0.05) is 38.8 Å². The maximum Gasteiger partial charge on any atom is 0.123 e. The van der Waals surface area contributed by atoms with E-state index in [0.717, 1.165) is 43.9 Å². The van der Waals surface area contributed by atoms with Gasteiger partial charge < -0.3 is 0 Å². The molecule has 2 aromatic rings. The molecule has 0 aliphatic carbocycles. The van der Waals surface area contributed by atoms with Crippen molar-refractivity contribution in [2.24, 2.45) is 5.92 Å². The summed E-state index contributed by atoms with van der Waals surface area (Å²) in [6.45, 7) is 9.88. The third-order valence-corrected chi connectivity index (χ3v) is 5.95. The van der Waals surface area contributed by atoms with E-state index in [1.54, 1.807) is 0 Å². The highest BCUT2D eigenvalue weighted by Crippen LogP contribution is 2.33. The molecule has 0 radical (unpaired) electrons. The van der Waals surface area contributed by atoms with Crippen LogP contribution in [0.3, 0.4) is 0 Å². The second-order valence-electron chi connectivity index (χ2n) is 7.68. The van der Waals surface area contributed by atoms with Crippen LogP contribution in [0.1, 0.15) is 24.0 Å². The van der Waals surface area contributed by atoms with Crippen LogP contribution in [-0.2, 0) is 6.54 Å². The van der Waals surface area contributed by atoms with E-state index < -0.39 is 0 Å². The Labute approximate surface area is 155 Å². The number of hydrogen-bond acceptors (Lipinski definition) is 2. The highest BCUT2D eigenvalue weighted by atomic mass is 19.1. The van der Waals surface area contributed by atoms with Gasteiger partial charge in [0.25, 0.3) is 0 Å². The second kappa shape index (κ2) is 7.73. The van der Waals surface area contributed by atoms with Crippen LogP contribution in [0.5, 0.6) is 0 Å². The van der Waals surface area contributed by atoms with Crippen LogP contribution in [0.15, 0.2) is 61.2 Å². The standard InChI is InChI=1S/C23H27FN2/c1-18(20-7-10-22(24)11-8-20)21-9-12-23-17-25(13-14-26(23)16-21)15-19-5-3-2-4-6-19/h2-8,10-11,21,23H,1,9,12-17H2/t21?,23-/m1/s1. The van der Waals surface area contributed by atoms with E-state index in [-0.39, 0.29) is 5.82 Å². The van der Waals surface area contributed by atoms with Gasteiger partial charge in [0.1, 0.15) is 5.82 Å². The van der Waals surface area contributed by atoms with E-state index in [9.17, 15) is 4.39 Å². The van der Waals surface area contributed by atoms with E-state index in [4.69, 9.17) is 0 Å². The van der Waals surface area contributed by atoms with E-state index in [1.165, 1.54) is 30.5 Å². The van der Waals surface area contributed by atoms with Gasteiger partial charge in [0.05, 0.1) is 0 Å². The summed E-state index contributed by atoms with van der Waals surface area (Å²) in [7, 11) is 0. The molecule has 1 unspecified atom stereocenters. The normalized spacial score (nSPS) is 24.2. The lowest BCUT2D eigenvalue weighted by atomic mass is 9.84. The molecule has 2 atom stereocenters. The van der Waals surface area contributed by atoms with Crippen molar-refractivity contribution in [3.63, 3.8) is 0 Å². The van der Waals surface area contributed by atoms with Gasteiger partial charge in [-0.05, 0) is 47.6 Å². The minimum atomic E-state index is -0.181. The number of piperazine rings is 1. The second-order valence-corrected chi connectivity index (χ2v) is 7.68. The summed E-state index contributed by atoms with van der Waals surface area (Å²) in [5, 5.41) is 0. The maximum atomic E-state index is 13.2. The third kappa shape index (κ3) is 3.89. The topological polar surface area (TPSA) is 6.48 Å². The molecule has 136 valence electrons. The van der Waals surface area contributed by atoms with E-state index >= 15 is 0 Å². The molecule has 2 heterocycles. The van der Waals surface area contributed by atoms with Crippen LogP contribution >= 0.6 is 0 Å². The van der Waals surface area contributed by atoms with Gasteiger partial charge in [-0.2, -0.15) is 0 Å². The van der Waals surface area contributed by atoms with Gasteiger partial charge >= 0.3 is 0 Å². The van der Waals surface area contributed by atoms with Crippen LogP contribution in [0.4, 0.5) is 4.39 Å². The van der Waals surface area contributed by atoms with Crippen molar-refractivity contribution in [2.45, 2.75) is 25.4 Å². The molecule has 0 amide bonds. The Balaban J connectivity index is 1.34. The summed E-state index contributed by atoms with van der Waals surface area (Å²) in [6, 6.07) is 18.2. The van der Waals surface area contributed by atoms with E-state index in [2.05, 4.69) is 46.7 Å². The number of piperidine rings is 1. The number of halogens is 1. The third-order valence-electron chi connectivity index (χ3n) is 5.95. The average Bonchev–Trinajstić information content (AvgIpc) is 2.68. The van der Waals surface area contributed by atoms with Gasteiger partial charge in [0.15, 0.2) is 0 Å². The van der Waals surface area contributed by atoms with Crippen LogP contribution in [0.25, 0.3) is 5.57 Å². The summed E-state index contributed by atoms with van der Waals surface area (Å²) < 4.78 is 13.2. The number of hydrogen-bond donors (Lipinski definition) is 0. The number of benzene rings is 2. The molecule has 2 aliphatic heterocycles. The zero-order valence-electron chi connectivity index (χ0n) is 15.3. The largest absolute Gasteiger partial charge is 0.297 e. The average molecular weight is 350 g/mol. The minimum absolute atomic E-state index is 0.181. The molecular formula is C23H27FN2. The monoisotopic (exact) mass is 350 g/mol. The quantitative estimate of drug-likeness (QED) is 0.805. The molecule has 2 aromatic carbocycles. The lowest BCUT2D eigenvalue weighted by molar-refractivity contribution is 0.0347. The number of rotatable bonds is 4. The Morgan fingerprint density at radius 2 is 1.73 bits per heavy atom. The van der Waals surface area contributed by atoms with Crippen LogP contribution in [0, 0.1) is 11.7 Å². The lowest BCUT2D eigenvalue weighted by Gasteiger charge is -2.46. The first-order valence-corrected chi connectivity index (χ1v) is 9.64. The van der Waals surface area contributed by atoms with Gasteiger partial charge in [-0.15, -0.1) is 0 Å². The molecular weight excluding hydrogens is 323 g/mol. The summed E-state index contributed by atoms with van der Waals surface area (Å²) in [5.41, 5.74) is 3.65. The first-order chi connectivity index (χ1) is 12.7. The molecule has 26 heavy (non-hydrogen) atoms. The number of nitrogens with zero attached hydrogens (tertiary/aromatic N) is 2. The first-order valence-electron chi connectivity index (χ1n) is 9.64. The molecule has 2 aliphatic rings. The van der Waals surface area contributed by atoms with Gasteiger partial charge in [-0.1, -0.05) is 49.0 Å². The van der Waals surface area contributed by atoms with Crippen molar-refractivity contribution in [2.75, 3.05) is 26.2 Å².